The molecule has 0 aliphatic carbocycles. The van der Waals surface area contributed by atoms with Crippen molar-refractivity contribution in [3.63, 3.8) is 0 Å². The zero-order valence-corrected chi connectivity index (χ0v) is 14.7. The molecule has 0 bridgehead atoms. The Balaban J connectivity index is 2.45. The van der Waals surface area contributed by atoms with Crippen LogP contribution in [0.1, 0.15) is 29.4 Å². The van der Waals surface area contributed by atoms with Gasteiger partial charge in [0.25, 0.3) is 0 Å². The molecule has 0 saturated carbocycles. The second kappa shape index (κ2) is 8.19. The van der Waals surface area contributed by atoms with Gasteiger partial charge in [0.2, 0.25) is 0 Å². The first-order valence-electron chi connectivity index (χ1n) is 7.80. The fourth-order valence-corrected chi connectivity index (χ4v) is 2.25. The van der Waals surface area contributed by atoms with E-state index in [9.17, 15) is 9.59 Å². The van der Waals surface area contributed by atoms with Crippen molar-refractivity contribution >= 4 is 17.8 Å². The minimum atomic E-state index is -0.448. The molecule has 0 aliphatic heterocycles. The third-order valence-electron chi connectivity index (χ3n) is 3.64. The van der Waals surface area contributed by atoms with E-state index in [1.54, 1.807) is 19.1 Å². The van der Waals surface area contributed by atoms with Crippen LogP contribution in [-0.4, -0.2) is 30.5 Å². The number of carbonyl (C=O) groups is 2. The Morgan fingerprint density at radius 2 is 1.88 bits per heavy atom. The summed E-state index contributed by atoms with van der Waals surface area (Å²) in [5.41, 5.74) is 1.04. The molecule has 1 heterocycles. The van der Waals surface area contributed by atoms with Crippen LogP contribution in [0, 0.1) is 0 Å². The number of rotatable bonds is 7. The number of benzene rings is 1. The number of hydrogen-bond donors (Lipinski definition) is 0. The maximum atomic E-state index is 12.7. The lowest BCUT2D eigenvalue weighted by atomic mass is 10.1. The average Bonchev–Trinajstić information content (AvgIpc) is 3.03. The molecule has 2 rings (SSSR count). The molecule has 25 heavy (non-hydrogen) atoms. The fraction of sp³-hybridized carbons (Fsp3) is 0.263. The third-order valence-corrected chi connectivity index (χ3v) is 3.64. The van der Waals surface area contributed by atoms with Gasteiger partial charge in [-0.2, -0.15) is 0 Å². The molecule has 0 atom stereocenters. The normalized spacial score (nSPS) is 10.7. The molecule has 132 valence electrons. The molecule has 6 nitrogen and oxygen atoms in total. The second-order valence-electron chi connectivity index (χ2n) is 5.27. The summed E-state index contributed by atoms with van der Waals surface area (Å²) in [6, 6.07) is 6.84. The summed E-state index contributed by atoms with van der Waals surface area (Å²) >= 11 is 0. The van der Waals surface area contributed by atoms with E-state index in [1.165, 1.54) is 26.4 Å². The number of methoxy groups -OCH3 is 2. The Bertz CT molecular complexity index is 804. The van der Waals surface area contributed by atoms with Crippen LogP contribution in [0.2, 0.25) is 0 Å². The molecule has 0 amide bonds. The summed E-state index contributed by atoms with van der Waals surface area (Å²) in [7, 11) is 4.81. The predicted octanol–water partition coefficient (Wildman–Crippen LogP) is 3.25. The van der Waals surface area contributed by atoms with Crippen molar-refractivity contribution in [1.29, 1.82) is 0 Å². The molecule has 0 aliphatic rings. The molecule has 0 fully saturated rings. The van der Waals surface area contributed by atoms with Gasteiger partial charge in [0, 0.05) is 37.5 Å². The highest BCUT2D eigenvalue weighted by atomic mass is 16.5. The monoisotopic (exact) mass is 343 g/mol. The van der Waals surface area contributed by atoms with Gasteiger partial charge >= 0.3 is 5.97 Å². The van der Waals surface area contributed by atoms with E-state index < -0.39 is 5.97 Å². The van der Waals surface area contributed by atoms with Crippen molar-refractivity contribution in [2.75, 3.05) is 14.2 Å². The number of nitrogens with zero attached hydrogens (tertiary/aromatic N) is 1. The van der Waals surface area contributed by atoms with E-state index in [0.717, 1.165) is 5.69 Å². The van der Waals surface area contributed by atoms with Crippen LogP contribution < -0.4 is 14.2 Å². The number of esters is 1. The van der Waals surface area contributed by atoms with Gasteiger partial charge in [-0.05, 0) is 24.3 Å². The van der Waals surface area contributed by atoms with Crippen molar-refractivity contribution in [1.82, 2.24) is 4.57 Å². The topological polar surface area (TPSA) is 66.8 Å². The molecule has 0 N–H and O–H groups in total. The maximum Gasteiger partial charge on any atom is 0.310 e. The number of ether oxygens (including phenoxy) is 3. The summed E-state index contributed by atoms with van der Waals surface area (Å²) in [6.45, 7) is 1.68. The molecule has 0 unspecified atom stereocenters. The Morgan fingerprint density at radius 3 is 2.44 bits per heavy atom. The number of carbonyl (C=O) groups excluding carboxylic acids is 2. The molecular weight excluding hydrogens is 322 g/mol. The molecule has 0 saturated heterocycles. The minimum Gasteiger partial charge on any atom is -0.496 e. The summed E-state index contributed by atoms with van der Waals surface area (Å²) in [6.07, 6.45) is 5.18. The lowest BCUT2D eigenvalue weighted by Crippen LogP contribution is -2.11. The summed E-state index contributed by atoms with van der Waals surface area (Å²) in [5.74, 6) is 0.0402. The van der Waals surface area contributed by atoms with Gasteiger partial charge in [0.1, 0.15) is 22.8 Å². The largest absolute Gasteiger partial charge is 0.496 e. The Morgan fingerprint density at radius 1 is 1.16 bits per heavy atom. The van der Waals surface area contributed by atoms with E-state index in [1.807, 2.05) is 29.9 Å². The molecule has 6 heteroatoms. The van der Waals surface area contributed by atoms with Crippen LogP contribution in [0.3, 0.4) is 0 Å². The standard InChI is InChI=1S/C19H21NO5/c1-5-18(22)25-17-12-14(23-3)11-16(24-4)19(17)15(21)9-8-13-7-6-10-20(13)2/h6-12H,5H2,1-4H3. The molecule has 0 radical (unpaired) electrons. The zero-order valence-electron chi connectivity index (χ0n) is 14.7. The lowest BCUT2D eigenvalue weighted by molar-refractivity contribution is -0.134. The molecular formula is C19H21NO5. The number of aryl methyl sites for hydroxylation is 1. The second-order valence-corrected chi connectivity index (χ2v) is 5.27. The van der Waals surface area contributed by atoms with Gasteiger partial charge in [-0.25, -0.2) is 0 Å². The highest BCUT2D eigenvalue weighted by molar-refractivity contribution is 6.11. The van der Waals surface area contributed by atoms with Gasteiger partial charge < -0.3 is 18.8 Å². The van der Waals surface area contributed by atoms with E-state index in [-0.39, 0.29) is 29.3 Å². The van der Waals surface area contributed by atoms with Gasteiger partial charge in [0.05, 0.1) is 14.2 Å². The van der Waals surface area contributed by atoms with Crippen molar-refractivity contribution < 1.29 is 23.8 Å². The Labute approximate surface area is 146 Å². The van der Waals surface area contributed by atoms with Crippen LogP contribution in [0.4, 0.5) is 0 Å². The highest BCUT2D eigenvalue weighted by Crippen LogP contribution is 2.35. The smallest absolute Gasteiger partial charge is 0.310 e. The van der Waals surface area contributed by atoms with Crippen molar-refractivity contribution in [2.24, 2.45) is 7.05 Å². The Hall–Kier alpha value is -3.02. The van der Waals surface area contributed by atoms with Crippen LogP contribution in [0.5, 0.6) is 17.2 Å². The van der Waals surface area contributed by atoms with Gasteiger partial charge in [-0.15, -0.1) is 0 Å². The number of hydrogen-bond acceptors (Lipinski definition) is 5. The van der Waals surface area contributed by atoms with Gasteiger partial charge in [0.15, 0.2) is 5.78 Å². The average molecular weight is 343 g/mol. The number of allylic oxidation sites excluding steroid dienone is 1. The molecule has 2 aromatic rings. The maximum absolute atomic E-state index is 12.7. The van der Waals surface area contributed by atoms with Gasteiger partial charge in [-0.3, -0.25) is 9.59 Å². The highest BCUT2D eigenvalue weighted by Gasteiger charge is 2.20. The third kappa shape index (κ3) is 4.29. The van der Waals surface area contributed by atoms with E-state index in [4.69, 9.17) is 14.2 Å². The first-order valence-corrected chi connectivity index (χ1v) is 7.80. The van der Waals surface area contributed by atoms with E-state index in [0.29, 0.717) is 5.75 Å². The van der Waals surface area contributed by atoms with Crippen molar-refractivity contribution in [3.05, 3.63) is 47.8 Å². The minimum absolute atomic E-state index is 0.115. The lowest BCUT2D eigenvalue weighted by Gasteiger charge is -2.13. The molecule has 1 aromatic heterocycles. The van der Waals surface area contributed by atoms with Crippen LogP contribution >= 0.6 is 0 Å². The van der Waals surface area contributed by atoms with E-state index in [2.05, 4.69) is 0 Å². The predicted molar refractivity (Wildman–Crippen MR) is 94.2 cm³/mol. The summed E-state index contributed by atoms with van der Waals surface area (Å²) in [4.78, 5) is 24.4. The quantitative estimate of drug-likeness (QED) is 0.334. The first kappa shape index (κ1) is 18.3. The van der Waals surface area contributed by atoms with Crippen LogP contribution in [0.25, 0.3) is 6.08 Å². The molecule has 0 spiro atoms. The van der Waals surface area contributed by atoms with Crippen molar-refractivity contribution in [3.8, 4) is 17.2 Å². The zero-order chi connectivity index (χ0) is 18.4. The van der Waals surface area contributed by atoms with E-state index >= 15 is 0 Å². The summed E-state index contributed by atoms with van der Waals surface area (Å²) in [5, 5.41) is 0. The SMILES string of the molecule is CCC(=O)Oc1cc(OC)cc(OC)c1C(=O)C=Cc1cccn1C. The fourth-order valence-electron chi connectivity index (χ4n) is 2.25. The number of ketones is 1. The van der Waals surface area contributed by atoms with Crippen molar-refractivity contribution in [2.45, 2.75) is 13.3 Å². The Kier molecular flexibility index (Phi) is 6.00. The van der Waals surface area contributed by atoms with Gasteiger partial charge in [-0.1, -0.05) is 6.92 Å². The molecule has 1 aromatic carbocycles. The first-order chi connectivity index (χ1) is 12.0. The number of aromatic nitrogens is 1. The van der Waals surface area contributed by atoms with Crippen LogP contribution in [0.15, 0.2) is 36.5 Å². The van der Waals surface area contributed by atoms with Crippen LogP contribution in [-0.2, 0) is 11.8 Å². The summed E-state index contributed by atoms with van der Waals surface area (Å²) < 4.78 is 17.7.